The van der Waals surface area contributed by atoms with Gasteiger partial charge >= 0.3 is 11.9 Å². The maximum absolute atomic E-state index is 11.3. The normalized spacial score (nSPS) is 11.9. The van der Waals surface area contributed by atoms with Crippen LogP contribution in [0.5, 0.6) is 0 Å². The van der Waals surface area contributed by atoms with Crippen molar-refractivity contribution in [2.24, 2.45) is 5.73 Å². The summed E-state index contributed by atoms with van der Waals surface area (Å²) in [6.45, 7) is 4.03. The Morgan fingerprint density at radius 2 is 1.94 bits per heavy atom. The first-order chi connectivity index (χ1) is 8.11. The van der Waals surface area contributed by atoms with Crippen molar-refractivity contribution >= 4 is 11.9 Å². The fourth-order valence-electron chi connectivity index (χ4n) is 1.28. The second-order valence-corrected chi connectivity index (χ2v) is 3.90. The van der Waals surface area contributed by atoms with E-state index in [1.165, 1.54) is 6.92 Å². The Labute approximate surface area is 103 Å². The molecule has 5 heteroatoms. The smallest absolute Gasteiger partial charge is 0.347 e. The van der Waals surface area contributed by atoms with Gasteiger partial charge in [0.15, 0.2) is 6.10 Å². The van der Waals surface area contributed by atoms with E-state index in [-0.39, 0.29) is 19.1 Å². The Kier molecular flexibility index (Phi) is 9.43. The number of esters is 2. The molecule has 0 fully saturated rings. The van der Waals surface area contributed by atoms with Crippen LogP contribution in [0, 0.1) is 0 Å². The Hall–Kier alpha value is -1.10. The van der Waals surface area contributed by atoms with Crippen LogP contribution in [0.1, 0.15) is 46.0 Å². The summed E-state index contributed by atoms with van der Waals surface area (Å²) in [4.78, 5) is 22.6. The van der Waals surface area contributed by atoms with Gasteiger partial charge in [-0.3, -0.25) is 4.79 Å². The molecule has 0 saturated carbocycles. The molecule has 0 radical (unpaired) electrons. The van der Waals surface area contributed by atoms with Crippen LogP contribution in [0.2, 0.25) is 0 Å². The molecule has 0 aromatic rings. The van der Waals surface area contributed by atoms with Crippen molar-refractivity contribution in [3.8, 4) is 0 Å². The first-order valence-corrected chi connectivity index (χ1v) is 6.18. The molecule has 1 unspecified atom stereocenters. The molecule has 0 saturated heterocycles. The molecule has 0 amide bonds. The van der Waals surface area contributed by atoms with E-state index in [9.17, 15) is 9.59 Å². The molecule has 0 aromatic carbocycles. The van der Waals surface area contributed by atoms with Crippen molar-refractivity contribution in [1.82, 2.24) is 0 Å². The lowest BCUT2D eigenvalue weighted by Gasteiger charge is -2.12. The van der Waals surface area contributed by atoms with Crippen LogP contribution in [0.4, 0.5) is 0 Å². The highest BCUT2D eigenvalue weighted by Gasteiger charge is 2.18. The molecule has 0 aliphatic carbocycles. The summed E-state index contributed by atoms with van der Waals surface area (Å²) in [7, 11) is 0. The second-order valence-electron chi connectivity index (χ2n) is 3.90. The van der Waals surface area contributed by atoms with Gasteiger partial charge in [-0.15, -0.1) is 0 Å². The standard InChI is InChI=1S/C12H23NO4/c1-3-4-5-6-7-11(14)17-10(2)12(15)16-9-8-13/h10H,3-9,13H2,1-2H3. The average molecular weight is 245 g/mol. The highest BCUT2D eigenvalue weighted by molar-refractivity contribution is 5.78. The number of unbranched alkanes of at least 4 members (excludes halogenated alkanes) is 3. The zero-order valence-electron chi connectivity index (χ0n) is 10.7. The highest BCUT2D eigenvalue weighted by atomic mass is 16.6. The minimum Gasteiger partial charge on any atom is -0.462 e. The lowest BCUT2D eigenvalue weighted by atomic mass is 10.1. The molecule has 0 aliphatic heterocycles. The number of hydrogen-bond donors (Lipinski definition) is 1. The second kappa shape index (κ2) is 10.1. The molecule has 100 valence electrons. The van der Waals surface area contributed by atoms with E-state index in [2.05, 4.69) is 6.92 Å². The quantitative estimate of drug-likeness (QED) is 0.490. The van der Waals surface area contributed by atoms with Crippen LogP contribution in [0.15, 0.2) is 0 Å². The van der Waals surface area contributed by atoms with Crippen molar-refractivity contribution in [1.29, 1.82) is 0 Å². The third kappa shape index (κ3) is 8.68. The third-order valence-electron chi connectivity index (χ3n) is 2.24. The van der Waals surface area contributed by atoms with Crippen LogP contribution in [0.3, 0.4) is 0 Å². The van der Waals surface area contributed by atoms with Crippen molar-refractivity contribution in [2.75, 3.05) is 13.2 Å². The Balaban J connectivity index is 3.67. The van der Waals surface area contributed by atoms with Gasteiger partial charge in [-0.05, 0) is 13.3 Å². The van der Waals surface area contributed by atoms with Gasteiger partial charge in [0.05, 0.1) is 0 Å². The molecule has 0 spiro atoms. The van der Waals surface area contributed by atoms with E-state index >= 15 is 0 Å². The molecule has 0 heterocycles. The SMILES string of the molecule is CCCCCCC(=O)OC(C)C(=O)OCCN. The van der Waals surface area contributed by atoms with Crippen molar-refractivity contribution in [2.45, 2.75) is 52.1 Å². The fourth-order valence-corrected chi connectivity index (χ4v) is 1.28. The van der Waals surface area contributed by atoms with Crippen molar-refractivity contribution < 1.29 is 19.1 Å². The summed E-state index contributed by atoms with van der Waals surface area (Å²) < 4.78 is 9.69. The lowest BCUT2D eigenvalue weighted by molar-refractivity contribution is -0.166. The molecule has 0 rings (SSSR count). The summed E-state index contributed by atoms with van der Waals surface area (Å²) in [6, 6.07) is 0. The van der Waals surface area contributed by atoms with Gasteiger partial charge in [0, 0.05) is 13.0 Å². The van der Waals surface area contributed by atoms with Gasteiger partial charge in [0.2, 0.25) is 0 Å². The maximum atomic E-state index is 11.3. The fraction of sp³-hybridized carbons (Fsp3) is 0.833. The summed E-state index contributed by atoms with van der Waals surface area (Å²) in [6.07, 6.45) is 3.56. The summed E-state index contributed by atoms with van der Waals surface area (Å²) in [5.74, 6) is -0.893. The summed E-state index contributed by atoms with van der Waals surface area (Å²) >= 11 is 0. The zero-order chi connectivity index (χ0) is 13.1. The van der Waals surface area contributed by atoms with E-state index < -0.39 is 12.1 Å². The van der Waals surface area contributed by atoms with E-state index in [1.54, 1.807) is 0 Å². The molecule has 5 nitrogen and oxygen atoms in total. The van der Waals surface area contributed by atoms with Crippen LogP contribution >= 0.6 is 0 Å². The van der Waals surface area contributed by atoms with E-state index in [1.807, 2.05) is 0 Å². The van der Waals surface area contributed by atoms with Crippen LogP contribution < -0.4 is 5.73 Å². The van der Waals surface area contributed by atoms with Gasteiger partial charge in [-0.2, -0.15) is 0 Å². The maximum Gasteiger partial charge on any atom is 0.347 e. The van der Waals surface area contributed by atoms with Gasteiger partial charge in [0.1, 0.15) is 6.61 Å². The minimum absolute atomic E-state index is 0.150. The molecule has 1 atom stereocenters. The lowest BCUT2D eigenvalue weighted by Crippen LogP contribution is -2.27. The van der Waals surface area contributed by atoms with E-state index in [4.69, 9.17) is 15.2 Å². The molecule has 0 aromatic heterocycles. The number of carbonyl (C=O) groups excluding carboxylic acids is 2. The average Bonchev–Trinajstić information content (AvgIpc) is 2.31. The highest BCUT2D eigenvalue weighted by Crippen LogP contribution is 2.05. The number of hydrogen-bond acceptors (Lipinski definition) is 5. The van der Waals surface area contributed by atoms with E-state index in [0.717, 1.165) is 25.7 Å². The first kappa shape index (κ1) is 15.9. The monoisotopic (exact) mass is 245 g/mol. The molecule has 2 N–H and O–H groups in total. The van der Waals surface area contributed by atoms with E-state index in [0.29, 0.717) is 6.42 Å². The predicted octanol–water partition coefficient (Wildman–Crippen LogP) is 1.39. The van der Waals surface area contributed by atoms with Gasteiger partial charge in [-0.1, -0.05) is 26.2 Å². The number of nitrogens with two attached hydrogens (primary N) is 1. The van der Waals surface area contributed by atoms with Crippen LogP contribution in [-0.4, -0.2) is 31.2 Å². The Bertz CT molecular complexity index is 231. The predicted molar refractivity (Wildman–Crippen MR) is 64.3 cm³/mol. The van der Waals surface area contributed by atoms with Gasteiger partial charge in [-0.25, -0.2) is 4.79 Å². The largest absolute Gasteiger partial charge is 0.462 e. The molecule has 17 heavy (non-hydrogen) atoms. The van der Waals surface area contributed by atoms with Gasteiger partial charge < -0.3 is 15.2 Å². The Morgan fingerprint density at radius 3 is 2.53 bits per heavy atom. The molecular weight excluding hydrogens is 222 g/mol. The van der Waals surface area contributed by atoms with Crippen LogP contribution in [-0.2, 0) is 19.1 Å². The van der Waals surface area contributed by atoms with Crippen LogP contribution in [0.25, 0.3) is 0 Å². The number of carbonyl (C=O) groups is 2. The molecule has 0 aliphatic rings. The Morgan fingerprint density at radius 1 is 1.24 bits per heavy atom. The van der Waals surface area contributed by atoms with Gasteiger partial charge in [0.25, 0.3) is 0 Å². The molecular formula is C12H23NO4. The van der Waals surface area contributed by atoms with Crippen molar-refractivity contribution in [3.05, 3.63) is 0 Å². The number of rotatable bonds is 9. The molecule has 0 bridgehead atoms. The zero-order valence-corrected chi connectivity index (χ0v) is 10.7. The first-order valence-electron chi connectivity index (χ1n) is 6.18. The number of ether oxygens (including phenoxy) is 2. The third-order valence-corrected chi connectivity index (χ3v) is 2.24. The summed E-state index contributed by atoms with van der Waals surface area (Å²) in [5, 5.41) is 0. The summed E-state index contributed by atoms with van der Waals surface area (Å²) in [5.41, 5.74) is 5.19. The minimum atomic E-state index is -0.847. The van der Waals surface area contributed by atoms with Crippen molar-refractivity contribution in [3.63, 3.8) is 0 Å². The topological polar surface area (TPSA) is 78.6 Å².